The molecule has 0 aliphatic rings. The fraction of sp³-hybridized carbons (Fsp3) is 1.00. The Morgan fingerprint density at radius 3 is 1.31 bits per heavy atom. The Kier molecular flexibility index (Phi) is 7.55. The van der Waals surface area contributed by atoms with E-state index >= 15 is 0 Å². The van der Waals surface area contributed by atoms with Gasteiger partial charge in [-0.25, -0.2) is 0 Å². The van der Waals surface area contributed by atoms with Crippen molar-refractivity contribution in [3.8, 4) is 0 Å². The van der Waals surface area contributed by atoms with E-state index in [1.54, 1.807) is 0 Å². The normalized spacial score (nSPS) is 15.5. The average Bonchev–Trinajstić information content (AvgIpc) is 2.50. The summed E-state index contributed by atoms with van der Waals surface area (Å²) >= 11 is 0. The number of alkyl halides is 11. The molecule has 0 radical (unpaired) electrons. The van der Waals surface area contributed by atoms with Gasteiger partial charge in [0.05, 0.1) is 0 Å². The van der Waals surface area contributed by atoms with Crippen LogP contribution >= 0.6 is 0 Å². The highest BCUT2D eigenvalue weighted by Gasteiger charge is 2.86. The first-order valence-electron chi connectivity index (χ1n) is 6.62. The second kappa shape index (κ2) is 7.75. The molecule has 0 spiro atoms. The van der Waals surface area contributed by atoms with E-state index < -0.39 is 57.6 Å². The van der Waals surface area contributed by atoms with Gasteiger partial charge in [0, 0.05) is 33.8 Å². The van der Waals surface area contributed by atoms with Gasteiger partial charge in [-0.15, -0.1) is 0 Å². The molecular formula is C11H15F11O3Si. The Labute approximate surface area is 141 Å². The summed E-state index contributed by atoms with van der Waals surface area (Å²) in [7, 11) is -0.529. The number of hydrogen-bond donors (Lipinski definition) is 0. The number of rotatable bonds is 10. The summed E-state index contributed by atoms with van der Waals surface area (Å²) in [4.78, 5) is 0. The van der Waals surface area contributed by atoms with E-state index in [-0.39, 0.29) is 0 Å². The van der Waals surface area contributed by atoms with Crippen LogP contribution in [-0.2, 0) is 13.3 Å². The SMILES string of the molecule is CO[Si](CCCC(F)(F)C(F)(F)C(F)(F)C(F)(F)C(F)(F)F)(OC)OC. The summed E-state index contributed by atoms with van der Waals surface area (Å²) in [6.45, 7) is 0. The number of halogens is 11. The van der Waals surface area contributed by atoms with Gasteiger partial charge in [-0.1, -0.05) is 0 Å². The maximum atomic E-state index is 13.5. The lowest BCUT2D eigenvalue weighted by Crippen LogP contribution is -2.66. The maximum Gasteiger partial charge on any atom is 0.500 e. The summed E-state index contributed by atoms with van der Waals surface area (Å²) in [5.74, 6) is -27.6. The Balaban J connectivity index is 5.50. The Hall–Kier alpha value is -0.673. The number of hydrogen-bond acceptors (Lipinski definition) is 3. The zero-order valence-corrected chi connectivity index (χ0v) is 14.5. The molecule has 0 amide bonds. The minimum atomic E-state index is -7.39. The van der Waals surface area contributed by atoms with Crippen LogP contribution in [0.1, 0.15) is 12.8 Å². The molecule has 0 bridgehead atoms. The average molecular weight is 432 g/mol. The topological polar surface area (TPSA) is 27.7 Å². The summed E-state index contributed by atoms with van der Waals surface area (Å²) in [6, 6.07) is -0.608. The van der Waals surface area contributed by atoms with E-state index in [0.717, 1.165) is 21.3 Å². The van der Waals surface area contributed by atoms with Crippen LogP contribution in [0.5, 0.6) is 0 Å². The summed E-state index contributed by atoms with van der Waals surface area (Å²) in [5.41, 5.74) is 0. The molecule has 0 aromatic heterocycles. The first kappa shape index (κ1) is 25.3. The van der Waals surface area contributed by atoms with Crippen LogP contribution in [0.2, 0.25) is 6.04 Å². The molecule has 0 saturated heterocycles. The molecule has 158 valence electrons. The highest BCUT2D eigenvalue weighted by atomic mass is 28.4. The summed E-state index contributed by atoms with van der Waals surface area (Å²) in [5, 5.41) is 0. The highest BCUT2D eigenvalue weighted by molar-refractivity contribution is 6.60. The molecule has 3 nitrogen and oxygen atoms in total. The van der Waals surface area contributed by atoms with Crippen LogP contribution in [0.25, 0.3) is 0 Å². The van der Waals surface area contributed by atoms with Gasteiger partial charge in [0.1, 0.15) is 0 Å². The van der Waals surface area contributed by atoms with E-state index in [0.29, 0.717) is 0 Å². The molecule has 0 atom stereocenters. The largest absolute Gasteiger partial charge is 0.500 e. The third-order valence-corrected chi connectivity index (χ3v) is 6.34. The van der Waals surface area contributed by atoms with Crippen molar-refractivity contribution < 1.29 is 61.6 Å². The van der Waals surface area contributed by atoms with Gasteiger partial charge in [-0.2, -0.15) is 48.3 Å². The van der Waals surface area contributed by atoms with Crippen LogP contribution in [-0.4, -0.2) is 60.0 Å². The fourth-order valence-corrected chi connectivity index (χ4v) is 3.57. The third kappa shape index (κ3) is 4.25. The van der Waals surface area contributed by atoms with Crippen LogP contribution in [0.15, 0.2) is 0 Å². The third-order valence-electron chi connectivity index (χ3n) is 3.51. The molecule has 26 heavy (non-hydrogen) atoms. The zero-order valence-electron chi connectivity index (χ0n) is 13.5. The van der Waals surface area contributed by atoms with Crippen molar-refractivity contribution in [1.29, 1.82) is 0 Å². The zero-order chi connectivity index (χ0) is 21.2. The van der Waals surface area contributed by atoms with Crippen molar-refractivity contribution in [2.24, 2.45) is 0 Å². The Morgan fingerprint density at radius 1 is 0.615 bits per heavy atom. The van der Waals surface area contributed by atoms with Crippen LogP contribution in [0.4, 0.5) is 48.3 Å². The quantitative estimate of drug-likeness (QED) is 0.369. The molecule has 0 fully saturated rings. The molecule has 15 heteroatoms. The first-order valence-corrected chi connectivity index (χ1v) is 8.55. The van der Waals surface area contributed by atoms with Crippen LogP contribution in [0.3, 0.4) is 0 Å². The molecule has 0 aliphatic heterocycles. The van der Waals surface area contributed by atoms with E-state index in [1.165, 1.54) is 0 Å². The van der Waals surface area contributed by atoms with Crippen LogP contribution < -0.4 is 0 Å². The predicted octanol–water partition coefficient (Wildman–Crippen LogP) is 4.75. The first-order chi connectivity index (χ1) is 11.4. The summed E-state index contributed by atoms with van der Waals surface area (Å²) < 4.78 is 155. The molecule has 0 aromatic carbocycles. The van der Waals surface area contributed by atoms with Gasteiger partial charge in [0.2, 0.25) is 0 Å². The van der Waals surface area contributed by atoms with Gasteiger partial charge in [0.15, 0.2) is 0 Å². The lowest BCUT2D eigenvalue weighted by atomic mass is 9.95. The molecule has 0 heterocycles. The van der Waals surface area contributed by atoms with Crippen LogP contribution in [0, 0.1) is 0 Å². The van der Waals surface area contributed by atoms with E-state index in [4.69, 9.17) is 13.3 Å². The van der Waals surface area contributed by atoms with Gasteiger partial charge in [0.25, 0.3) is 0 Å². The van der Waals surface area contributed by atoms with Crippen molar-refractivity contribution in [1.82, 2.24) is 0 Å². The van der Waals surface area contributed by atoms with Crippen molar-refractivity contribution in [2.75, 3.05) is 21.3 Å². The lowest BCUT2D eigenvalue weighted by Gasteiger charge is -2.37. The summed E-state index contributed by atoms with van der Waals surface area (Å²) in [6.07, 6.45) is -10.4. The van der Waals surface area contributed by atoms with Crippen molar-refractivity contribution in [3.05, 3.63) is 0 Å². The molecular weight excluding hydrogens is 417 g/mol. The van der Waals surface area contributed by atoms with Crippen molar-refractivity contribution in [3.63, 3.8) is 0 Å². The van der Waals surface area contributed by atoms with Crippen molar-refractivity contribution >= 4 is 8.80 Å². The highest BCUT2D eigenvalue weighted by Crippen LogP contribution is 2.58. The van der Waals surface area contributed by atoms with Gasteiger partial charge in [-0.05, 0) is 6.42 Å². The molecule has 0 aliphatic carbocycles. The lowest BCUT2D eigenvalue weighted by molar-refractivity contribution is -0.422. The van der Waals surface area contributed by atoms with Gasteiger partial charge in [-0.3, -0.25) is 0 Å². The molecule has 0 N–H and O–H groups in total. The molecule has 0 aromatic rings. The maximum absolute atomic E-state index is 13.5. The van der Waals surface area contributed by atoms with Gasteiger partial charge >= 0.3 is 38.7 Å². The Morgan fingerprint density at radius 2 is 1.00 bits per heavy atom. The van der Waals surface area contributed by atoms with E-state index in [2.05, 4.69) is 0 Å². The van der Waals surface area contributed by atoms with E-state index in [1.807, 2.05) is 0 Å². The smallest absolute Gasteiger partial charge is 0.377 e. The predicted molar refractivity (Wildman–Crippen MR) is 66.7 cm³/mol. The second-order valence-electron chi connectivity index (χ2n) is 5.07. The molecule has 0 rings (SSSR count). The Bertz CT molecular complexity index is 455. The minimum absolute atomic E-state index is 0.608. The van der Waals surface area contributed by atoms with Crippen molar-refractivity contribution in [2.45, 2.75) is 48.8 Å². The van der Waals surface area contributed by atoms with Gasteiger partial charge < -0.3 is 13.3 Å². The minimum Gasteiger partial charge on any atom is -0.377 e. The van der Waals surface area contributed by atoms with E-state index in [9.17, 15) is 48.3 Å². The molecule has 0 saturated carbocycles. The monoisotopic (exact) mass is 432 g/mol. The second-order valence-corrected chi connectivity index (χ2v) is 8.17. The molecule has 0 unspecified atom stereocenters. The fourth-order valence-electron chi connectivity index (χ4n) is 1.84. The standard InChI is InChI=1S/C11H15F11O3Si/c1-23-26(24-2,25-3)6-4-5-7(12,13)8(14,15)9(16,17)10(18,19)11(20,21)22/h4-6H2,1-3H3.